The highest BCUT2D eigenvalue weighted by Crippen LogP contribution is 2.15. The second-order valence-corrected chi connectivity index (χ2v) is 4.18. The van der Waals surface area contributed by atoms with Gasteiger partial charge in [-0.05, 0) is 39.4 Å². The third kappa shape index (κ3) is 6.30. The molecular weight excluding hydrogens is 221 g/mol. The van der Waals surface area contributed by atoms with Gasteiger partial charge in [-0.1, -0.05) is 0 Å². The van der Waals surface area contributed by atoms with Gasteiger partial charge in [0.25, 0.3) is 0 Å². The van der Waals surface area contributed by atoms with Gasteiger partial charge in [0, 0.05) is 12.6 Å². The quantitative estimate of drug-likeness (QED) is 0.763. The fourth-order valence-electron chi connectivity index (χ4n) is 1.81. The van der Waals surface area contributed by atoms with E-state index in [0.717, 1.165) is 19.5 Å². The van der Waals surface area contributed by atoms with Crippen molar-refractivity contribution in [1.29, 1.82) is 0 Å². The van der Waals surface area contributed by atoms with Crippen molar-refractivity contribution in [2.45, 2.75) is 31.7 Å². The molecule has 0 spiro atoms. The molecule has 0 bridgehead atoms. The number of alkyl halides is 3. The van der Waals surface area contributed by atoms with Crippen molar-refractivity contribution in [3.05, 3.63) is 0 Å². The maximum absolute atomic E-state index is 11.7. The molecule has 1 rings (SSSR count). The van der Waals surface area contributed by atoms with Crippen molar-refractivity contribution in [3.8, 4) is 0 Å². The van der Waals surface area contributed by atoms with Crippen LogP contribution in [0.25, 0.3) is 0 Å². The minimum absolute atomic E-state index is 0.294. The van der Waals surface area contributed by atoms with Crippen LogP contribution in [-0.4, -0.2) is 50.6 Å². The second-order valence-electron chi connectivity index (χ2n) is 4.18. The predicted molar refractivity (Wildman–Crippen MR) is 55.1 cm³/mol. The fraction of sp³-hybridized carbons (Fsp3) is 1.00. The Morgan fingerprint density at radius 3 is 2.69 bits per heavy atom. The fourth-order valence-corrected chi connectivity index (χ4v) is 1.81. The molecule has 3 nitrogen and oxygen atoms in total. The lowest BCUT2D eigenvalue weighted by molar-refractivity contribution is -0.324. The number of rotatable bonds is 6. The van der Waals surface area contributed by atoms with Crippen molar-refractivity contribution in [1.82, 2.24) is 10.2 Å². The van der Waals surface area contributed by atoms with Crippen LogP contribution in [0.15, 0.2) is 0 Å². The largest absolute Gasteiger partial charge is 0.522 e. The van der Waals surface area contributed by atoms with E-state index < -0.39 is 6.36 Å². The molecule has 0 aromatic heterocycles. The minimum atomic E-state index is -4.51. The Morgan fingerprint density at radius 2 is 2.12 bits per heavy atom. The summed E-state index contributed by atoms with van der Waals surface area (Å²) in [7, 11) is 1.81. The van der Waals surface area contributed by atoms with E-state index in [4.69, 9.17) is 0 Å². The Morgan fingerprint density at radius 1 is 1.38 bits per heavy atom. The molecule has 1 fully saturated rings. The molecule has 6 heteroatoms. The number of nitrogens with one attached hydrogen (secondary N) is 1. The van der Waals surface area contributed by atoms with Crippen LogP contribution in [0.1, 0.15) is 19.3 Å². The molecule has 1 N–H and O–H groups in total. The first-order valence-electron chi connectivity index (χ1n) is 5.60. The van der Waals surface area contributed by atoms with E-state index in [1.807, 2.05) is 11.9 Å². The molecule has 96 valence electrons. The molecule has 1 unspecified atom stereocenters. The van der Waals surface area contributed by atoms with E-state index in [2.05, 4.69) is 10.1 Å². The summed E-state index contributed by atoms with van der Waals surface area (Å²) in [5, 5.41) is 3.35. The van der Waals surface area contributed by atoms with Crippen LogP contribution in [0, 0.1) is 0 Å². The van der Waals surface area contributed by atoms with Crippen LogP contribution in [0.4, 0.5) is 13.2 Å². The van der Waals surface area contributed by atoms with Gasteiger partial charge in [0.15, 0.2) is 0 Å². The Kier molecular flexibility index (Phi) is 5.51. The van der Waals surface area contributed by atoms with E-state index in [9.17, 15) is 13.2 Å². The van der Waals surface area contributed by atoms with E-state index in [1.165, 1.54) is 12.8 Å². The first-order valence-corrected chi connectivity index (χ1v) is 5.60. The van der Waals surface area contributed by atoms with E-state index in [-0.39, 0.29) is 6.61 Å². The van der Waals surface area contributed by atoms with Crippen LogP contribution in [0.3, 0.4) is 0 Å². The minimum Gasteiger partial charge on any atom is -0.314 e. The van der Waals surface area contributed by atoms with Gasteiger partial charge in [-0.3, -0.25) is 4.74 Å². The van der Waals surface area contributed by atoms with Crippen LogP contribution in [0.2, 0.25) is 0 Å². The van der Waals surface area contributed by atoms with Crippen LogP contribution < -0.4 is 5.32 Å². The number of ether oxygens (including phenoxy) is 1. The van der Waals surface area contributed by atoms with Gasteiger partial charge >= 0.3 is 6.36 Å². The number of nitrogens with zero attached hydrogens (tertiary/aromatic N) is 1. The first kappa shape index (κ1) is 13.7. The zero-order valence-corrected chi connectivity index (χ0v) is 9.52. The summed E-state index contributed by atoms with van der Waals surface area (Å²) < 4.78 is 38.8. The Labute approximate surface area is 93.9 Å². The standard InChI is InChI=1S/C10H19F3N2O/c1-15(7-8-16-10(11,12)13)6-4-9-3-2-5-14-9/h9,14H,2-8H2,1H3. The number of hydrogen-bond acceptors (Lipinski definition) is 3. The number of halogens is 3. The first-order chi connectivity index (χ1) is 7.47. The molecule has 1 aliphatic heterocycles. The van der Waals surface area contributed by atoms with Crippen molar-refractivity contribution < 1.29 is 17.9 Å². The Balaban J connectivity index is 2.00. The summed E-state index contributed by atoms with van der Waals surface area (Å²) in [6, 6.07) is 0.533. The highest BCUT2D eigenvalue weighted by atomic mass is 19.4. The van der Waals surface area contributed by atoms with Crippen molar-refractivity contribution in [2.75, 3.05) is 33.3 Å². The lowest BCUT2D eigenvalue weighted by Gasteiger charge is -2.19. The summed E-state index contributed by atoms with van der Waals surface area (Å²) in [5.74, 6) is 0. The van der Waals surface area contributed by atoms with Crippen molar-refractivity contribution in [3.63, 3.8) is 0 Å². The monoisotopic (exact) mass is 240 g/mol. The molecule has 1 aliphatic rings. The molecule has 0 aliphatic carbocycles. The summed E-state index contributed by atoms with van der Waals surface area (Å²) in [4.78, 5) is 1.87. The van der Waals surface area contributed by atoms with Gasteiger partial charge in [0.05, 0.1) is 6.61 Å². The molecule has 1 atom stereocenters. The van der Waals surface area contributed by atoms with Crippen LogP contribution >= 0.6 is 0 Å². The molecule has 1 heterocycles. The lowest BCUT2D eigenvalue weighted by atomic mass is 10.1. The van der Waals surface area contributed by atoms with Crippen molar-refractivity contribution >= 4 is 0 Å². The second kappa shape index (κ2) is 6.42. The van der Waals surface area contributed by atoms with Crippen LogP contribution in [-0.2, 0) is 4.74 Å². The van der Waals surface area contributed by atoms with E-state index in [0.29, 0.717) is 12.6 Å². The van der Waals surface area contributed by atoms with Gasteiger partial charge in [-0.25, -0.2) is 0 Å². The summed E-state index contributed by atoms with van der Waals surface area (Å²) in [5.41, 5.74) is 0. The molecule has 0 amide bonds. The normalized spacial score (nSPS) is 21.9. The van der Waals surface area contributed by atoms with Crippen LogP contribution in [0.5, 0.6) is 0 Å². The molecular formula is C10H19F3N2O. The van der Waals surface area contributed by atoms with Gasteiger partial charge in [-0.2, -0.15) is 0 Å². The van der Waals surface area contributed by atoms with E-state index >= 15 is 0 Å². The maximum Gasteiger partial charge on any atom is 0.522 e. The third-order valence-corrected chi connectivity index (χ3v) is 2.76. The summed E-state index contributed by atoms with van der Waals surface area (Å²) >= 11 is 0. The van der Waals surface area contributed by atoms with Gasteiger partial charge in [0.2, 0.25) is 0 Å². The number of hydrogen-bond donors (Lipinski definition) is 1. The van der Waals surface area contributed by atoms with Gasteiger partial charge < -0.3 is 10.2 Å². The van der Waals surface area contributed by atoms with Gasteiger partial charge in [0.1, 0.15) is 0 Å². The molecule has 0 saturated carbocycles. The average molecular weight is 240 g/mol. The summed E-state index contributed by atoms with van der Waals surface area (Å²) in [6.45, 7) is 1.88. The Hall–Kier alpha value is -0.330. The maximum atomic E-state index is 11.7. The summed E-state index contributed by atoms with van der Waals surface area (Å²) in [6.07, 6.45) is -1.14. The van der Waals surface area contributed by atoms with Crippen molar-refractivity contribution in [2.24, 2.45) is 0 Å². The average Bonchev–Trinajstić information content (AvgIpc) is 2.65. The van der Waals surface area contributed by atoms with E-state index in [1.54, 1.807) is 0 Å². The SMILES string of the molecule is CN(CCOC(F)(F)F)CCC1CCCN1. The molecule has 0 aromatic carbocycles. The van der Waals surface area contributed by atoms with Gasteiger partial charge in [-0.15, -0.1) is 13.2 Å². The molecule has 1 saturated heterocycles. The third-order valence-electron chi connectivity index (χ3n) is 2.76. The topological polar surface area (TPSA) is 24.5 Å². The molecule has 16 heavy (non-hydrogen) atoms. The molecule has 0 radical (unpaired) electrons. The highest BCUT2D eigenvalue weighted by molar-refractivity contribution is 4.74. The zero-order chi connectivity index (χ0) is 12.0. The Bertz CT molecular complexity index is 193. The smallest absolute Gasteiger partial charge is 0.314 e. The lowest BCUT2D eigenvalue weighted by Crippen LogP contribution is -2.31. The zero-order valence-electron chi connectivity index (χ0n) is 9.52. The highest BCUT2D eigenvalue weighted by Gasteiger charge is 2.28. The molecule has 0 aromatic rings. The predicted octanol–water partition coefficient (Wildman–Crippen LogP) is 1.60. The number of likely N-dealkylation sites (N-methyl/N-ethyl adjacent to an activating group) is 1.